The van der Waals surface area contributed by atoms with Crippen LogP contribution >= 0.6 is 0 Å². The van der Waals surface area contributed by atoms with Gasteiger partial charge in [0.15, 0.2) is 6.61 Å². The van der Waals surface area contributed by atoms with E-state index in [1.165, 1.54) is 0 Å². The molecule has 36 heavy (non-hydrogen) atoms. The summed E-state index contributed by atoms with van der Waals surface area (Å²) in [5, 5.41) is 0. The summed E-state index contributed by atoms with van der Waals surface area (Å²) in [6.07, 6.45) is 4.33. The Hall–Kier alpha value is -3.28. The normalized spacial score (nSPS) is 29.9. The number of rotatable bonds is 9. The van der Waals surface area contributed by atoms with Gasteiger partial charge in [-0.25, -0.2) is 9.59 Å². The third kappa shape index (κ3) is 4.99. The molecule has 0 aliphatic heterocycles. The molecule has 190 valence electrons. The average Bonchev–Trinajstić information content (AvgIpc) is 2.85. The fraction of sp³-hybridized carbons (Fsp3) is 0.467. The highest BCUT2D eigenvalue weighted by Gasteiger charge is 2.63. The highest BCUT2D eigenvalue weighted by atomic mass is 16.6. The second-order valence-electron chi connectivity index (χ2n) is 10.9. The van der Waals surface area contributed by atoms with Gasteiger partial charge in [-0.3, -0.25) is 0 Å². The second-order valence-corrected chi connectivity index (χ2v) is 10.9. The first-order valence-electron chi connectivity index (χ1n) is 12.7. The number of benzene rings is 2. The Balaban J connectivity index is 1.14. The highest BCUT2D eigenvalue weighted by Crippen LogP contribution is 2.62. The fourth-order valence-corrected chi connectivity index (χ4v) is 6.48. The van der Waals surface area contributed by atoms with Crippen LogP contribution in [0.25, 0.3) is 0 Å². The Morgan fingerprint density at radius 3 is 2.11 bits per heavy atom. The topological polar surface area (TPSA) is 71.1 Å². The first kappa shape index (κ1) is 24.4. The molecule has 4 aliphatic rings. The molecular formula is C30H34O6. The van der Waals surface area contributed by atoms with Gasteiger partial charge in [0.1, 0.15) is 29.3 Å². The lowest BCUT2D eigenvalue weighted by Gasteiger charge is -2.62. The van der Waals surface area contributed by atoms with Crippen molar-refractivity contribution >= 4 is 11.9 Å². The van der Waals surface area contributed by atoms with E-state index in [0.29, 0.717) is 23.8 Å². The molecule has 0 N–H and O–H groups in total. The van der Waals surface area contributed by atoms with Gasteiger partial charge in [-0.15, -0.1) is 0 Å². The standard InChI is InChI=1S/C30H34O6/c1-20(2)28(32)36-29(3)23-13-22-14-24(29)17-30(15-22,16-23)35-27(31)19-34-26-11-9-25(10-12-26)33-18-21-7-5-4-6-8-21/h4-12,22-24H,1,13-19H2,2-3H3. The first-order chi connectivity index (χ1) is 17.2. The molecule has 6 rings (SSSR count). The van der Waals surface area contributed by atoms with Crippen LogP contribution in [0.3, 0.4) is 0 Å². The van der Waals surface area contributed by atoms with E-state index in [9.17, 15) is 9.59 Å². The van der Waals surface area contributed by atoms with Crippen molar-refractivity contribution in [2.45, 2.75) is 63.8 Å². The Bertz CT molecular complexity index is 1110. The van der Waals surface area contributed by atoms with E-state index in [4.69, 9.17) is 18.9 Å². The fourth-order valence-electron chi connectivity index (χ4n) is 6.48. The maximum Gasteiger partial charge on any atom is 0.344 e. The molecule has 6 heteroatoms. The van der Waals surface area contributed by atoms with Crippen molar-refractivity contribution in [2.75, 3.05) is 6.61 Å². The predicted octanol–water partition coefficient (Wildman–Crippen LogP) is 5.64. The Morgan fingerprint density at radius 2 is 1.50 bits per heavy atom. The molecule has 4 saturated carbocycles. The van der Waals surface area contributed by atoms with Crippen LogP contribution in [-0.2, 0) is 25.7 Å². The predicted molar refractivity (Wildman–Crippen MR) is 134 cm³/mol. The van der Waals surface area contributed by atoms with E-state index in [1.807, 2.05) is 49.4 Å². The van der Waals surface area contributed by atoms with Gasteiger partial charge in [-0.1, -0.05) is 36.9 Å². The van der Waals surface area contributed by atoms with Crippen LogP contribution < -0.4 is 9.47 Å². The van der Waals surface area contributed by atoms with Gasteiger partial charge in [-0.05, 0) is 81.7 Å². The van der Waals surface area contributed by atoms with Crippen LogP contribution in [0, 0.1) is 17.8 Å². The zero-order chi connectivity index (χ0) is 25.3. The summed E-state index contributed by atoms with van der Waals surface area (Å²) >= 11 is 0. The van der Waals surface area contributed by atoms with Gasteiger partial charge in [0.05, 0.1) is 0 Å². The van der Waals surface area contributed by atoms with E-state index < -0.39 is 11.2 Å². The summed E-state index contributed by atoms with van der Waals surface area (Å²) in [6, 6.07) is 17.2. The van der Waals surface area contributed by atoms with Crippen LogP contribution in [0.5, 0.6) is 11.5 Å². The first-order valence-corrected chi connectivity index (χ1v) is 12.7. The Kier molecular flexibility index (Phi) is 6.54. The molecule has 4 fully saturated rings. The summed E-state index contributed by atoms with van der Waals surface area (Å²) < 4.78 is 23.6. The number of hydrogen-bond acceptors (Lipinski definition) is 6. The second kappa shape index (κ2) is 9.64. The van der Waals surface area contributed by atoms with Crippen LogP contribution in [0.4, 0.5) is 0 Å². The summed E-state index contributed by atoms with van der Waals surface area (Å²) in [5.74, 6) is 1.49. The van der Waals surface area contributed by atoms with Crippen molar-refractivity contribution < 1.29 is 28.5 Å². The molecule has 2 unspecified atom stereocenters. The van der Waals surface area contributed by atoms with Crippen molar-refractivity contribution in [3.63, 3.8) is 0 Å². The third-order valence-electron chi connectivity index (χ3n) is 8.17. The number of carbonyl (C=O) groups is 2. The molecule has 4 aliphatic carbocycles. The van der Waals surface area contributed by atoms with E-state index in [0.717, 1.165) is 43.4 Å². The van der Waals surface area contributed by atoms with Crippen LogP contribution in [0.15, 0.2) is 66.7 Å². The van der Waals surface area contributed by atoms with Crippen LogP contribution in [0.1, 0.15) is 51.5 Å². The molecule has 2 atom stereocenters. The molecule has 4 bridgehead atoms. The van der Waals surface area contributed by atoms with E-state index >= 15 is 0 Å². The maximum absolute atomic E-state index is 12.8. The van der Waals surface area contributed by atoms with E-state index in [-0.39, 0.29) is 30.4 Å². The number of carbonyl (C=O) groups excluding carboxylic acids is 2. The van der Waals surface area contributed by atoms with Gasteiger partial charge in [0, 0.05) is 17.4 Å². The van der Waals surface area contributed by atoms with Gasteiger partial charge < -0.3 is 18.9 Å². The molecule has 2 aromatic carbocycles. The quantitative estimate of drug-likeness (QED) is 0.334. The number of ether oxygens (including phenoxy) is 4. The maximum atomic E-state index is 12.8. The van der Waals surface area contributed by atoms with Crippen molar-refractivity contribution in [3.8, 4) is 11.5 Å². The zero-order valence-electron chi connectivity index (χ0n) is 21.0. The third-order valence-corrected chi connectivity index (χ3v) is 8.17. The average molecular weight is 491 g/mol. The smallest absolute Gasteiger partial charge is 0.344 e. The molecule has 0 saturated heterocycles. The minimum Gasteiger partial charge on any atom is -0.489 e. The molecule has 0 amide bonds. The lowest BCUT2D eigenvalue weighted by molar-refractivity contribution is -0.243. The van der Waals surface area contributed by atoms with Crippen LogP contribution in [0.2, 0.25) is 0 Å². The minimum atomic E-state index is -0.524. The van der Waals surface area contributed by atoms with Gasteiger partial charge in [0.2, 0.25) is 0 Å². The molecule has 2 aromatic rings. The molecule has 6 nitrogen and oxygen atoms in total. The van der Waals surface area contributed by atoms with Gasteiger partial charge in [-0.2, -0.15) is 0 Å². The number of hydrogen-bond donors (Lipinski definition) is 0. The molecule has 0 spiro atoms. The van der Waals surface area contributed by atoms with Crippen molar-refractivity contribution in [3.05, 3.63) is 72.3 Å². The lowest BCUT2D eigenvalue weighted by Crippen LogP contribution is -2.64. The minimum absolute atomic E-state index is 0.145. The summed E-state index contributed by atoms with van der Waals surface area (Å²) in [6.45, 7) is 7.80. The zero-order valence-corrected chi connectivity index (χ0v) is 21.0. The number of esters is 2. The molecular weight excluding hydrogens is 456 g/mol. The Morgan fingerprint density at radius 1 is 0.889 bits per heavy atom. The summed E-state index contributed by atoms with van der Waals surface area (Å²) in [5.41, 5.74) is 0.504. The van der Waals surface area contributed by atoms with Crippen molar-refractivity contribution in [1.82, 2.24) is 0 Å². The van der Waals surface area contributed by atoms with E-state index in [2.05, 4.69) is 6.58 Å². The van der Waals surface area contributed by atoms with Gasteiger partial charge >= 0.3 is 11.9 Å². The SMILES string of the molecule is C=C(C)C(=O)OC1(C)C2CC3CC1CC(OC(=O)COc1ccc(OCc4ccccc4)cc1)(C3)C2. The Labute approximate surface area is 212 Å². The summed E-state index contributed by atoms with van der Waals surface area (Å²) in [4.78, 5) is 25.1. The highest BCUT2D eigenvalue weighted by molar-refractivity contribution is 5.87. The monoisotopic (exact) mass is 490 g/mol. The molecule has 0 aromatic heterocycles. The largest absolute Gasteiger partial charge is 0.489 e. The lowest BCUT2D eigenvalue weighted by atomic mass is 9.48. The molecule has 0 heterocycles. The summed E-state index contributed by atoms with van der Waals surface area (Å²) in [7, 11) is 0. The van der Waals surface area contributed by atoms with Crippen molar-refractivity contribution in [2.24, 2.45) is 17.8 Å². The van der Waals surface area contributed by atoms with Crippen molar-refractivity contribution in [1.29, 1.82) is 0 Å². The van der Waals surface area contributed by atoms with E-state index in [1.54, 1.807) is 19.1 Å². The molecule has 0 radical (unpaired) electrons. The van der Waals surface area contributed by atoms with Gasteiger partial charge in [0.25, 0.3) is 0 Å². The van der Waals surface area contributed by atoms with Crippen LogP contribution in [-0.4, -0.2) is 29.7 Å².